The summed E-state index contributed by atoms with van der Waals surface area (Å²) in [5.74, 6) is 0.244. The van der Waals surface area contributed by atoms with Gasteiger partial charge < -0.3 is 10.0 Å². The van der Waals surface area contributed by atoms with Gasteiger partial charge in [-0.25, -0.2) is 15.0 Å². The summed E-state index contributed by atoms with van der Waals surface area (Å²) in [6.45, 7) is 0.754. The zero-order valence-corrected chi connectivity index (χ0v) is 14.6. The zero-order valence-electron chi connectivity index (χ0n) is 13.8. The molecule has 4 rings (SSSR count). The largest absolute Gasteiger partial charge is 0.391 e. The van der Waals surface area contributed by atoms with Crippen molar-refractivity contribution in [3.05, 3.63) is 53.8 Å². The van der Waals surface area contributed by atoms with E-state index >= 15 is 0 Å². The molecule has 3 aromatic heterocycles. The number of β-amino-alcohol motifs (C(OH)–C–C–N with tert-alkyl or cyclic N) is 1. The molecule has 1 N–H and O–H groups in total. The van der Waals surface area contributed by atoms with Gasteiger partial charge in [0.2, 0.25) is 0 Å². The lowest BCUT2D eigenvalue weighted by Gasteiger charge is -2.14. The van der Waals surface area contributed by atoms with E-state index in [1.54, 1.807) is 47.3 Å². The van der Waals surface area contributed by atoms with Gasteiger partial charge in [-0.15, -0.1) is 11.3 Å². The third-order valence-corrected chi connectivity index (χ3v) is 5.10. The molecule has 3 aromatic rings. The molecule has 2 atom stereocenters. The maximum Gasteiger partial charge on any atom is 0.273 e. The van der Waals surface area contributed by atoms with Crippen molar-refractivity contribution >= 4 is 17.2 Å². The molecule has 1 saturated heterocycles. The number of thiazole rings is 1. The van der Waals surface area contributed by atoms with Crippen molar-refractivity contribution < 1.29 is 9.90 Å². The summed E-state index contributed by atoms with van der Waals surface area (Å²) in [5.41, 5.74) is 1.16. The molecule has 9 heteroatoms. The average molecular weight is 368 g/mol. The summed E-state index contributed by atoms with van der Waals surface area (Å²) in [4.78, 5) is 35.3. The maximum atomic E-state index is 12.7. The normalized spacial score (nSPS) is 19.7. The van der Waals surface area contributed by atoms with Gasteiger partial charge in [-0.1, -0.05) is 0 Å². The fraction of sp³-hybridized carbons (Fsp3) is 0.294. The molecule has 1 fully saturated rings. The molecule has 4 heterocycles. The molecule has 0 bridgehead atoms. The molecule has 132 valence electrons. The number of hydrogen-bond acceptors (Lipinski definition) is 8. The Kier molecular flexibility index (Phi) is 4.63. The van der Waals surface area contributed by atoms with Gasteiger partial charge >= 0.3 is 0 Å². The second-order valence-corrected chi connectivity index (χ2v) is 6.91. The van der Waals surface area contributed by atoms with Crippen molar-refractivity contribution in [3.8, 4) is 10.8 Å². The highest BCUT2D eigenvalue weighted by Crippen LogP contribution is 2.25. The number of aliphatic hydroxyl groups is 1. The van der Waals surface area contributed by atoms with Gasteiger partial charge in [0.05, 0.1) is 11.8 Å². The van der Waals surface area contributed by atoms with Gasteiger partial charge in [0, 0.05) is 55.4 Å². The maximum absolute atomic E-state index is 12.7. The highest BCUT2D eigenvalue weighted by Gasteiger charge is 2.35. The van der Waals surface area contributed by atoms with E-state index in [1.807, 2.05) is 0 Å². The molecular weight excluding hydrogens is 352 g/mol. The number of nitrogens with zero attached hydrogens (tertiary/aromatic N) is 6. The quantitative estimate of drug-likeness (QED) is 0.734. The Labute approximate surface area is 153 Å². The molecule has 26 heavy (non-hydrogen) atoms. The van der Waals surface area contributed by atoms with Crippen LogP contribution in [0.25, 0.3) is 10.8 Å². The zero-order chi connectivity index (χ0) is 17.9. The number of rotatable bonds is 4. The predicted octanol–water partition coefficient (Wildman–Crippen LogP) is 1.07. The first-order chi connectivity index (χ1) is 12.7. The molecule has 8 nitrogen and oxygen atoms in total. The highest BCUT2D eigenvalue weighted by molar-refractivity contribution is 7.13. The number of aliphatic hydroxyl groups excluding tert-OH is 1. The molecular formula is C17H16N6O2S. The average Bonchev–Trinajstić information content (AvgIpc) is 3.31. The second kappa shape index (κ2) is 7.22. The lowest BCUT2D eigenvalue weighted by molar-refractivity contribution is 0.0760. The van der Waals surface area contributed by atoms with Gasteiger partial charge in [0.25, 0.3) is 5.91 Å². The van der Waals surface area contributed by atoms with Crippen molar-refractivity contribution in [2.75, 3.05) is 13.1 Å². The first-order valence-electron chi connectivity index (χ1n) is 8.16. The monoisotopic (exact) mass is 368 g/mol. The summed E-state index contributed by atoms with van der Waals surface area (Å²) < 4.78 is 0. The van der Waals surface area contributed by atoms with Crippen LogP contribution in [0.3, 0.4) is 0 Å². The van der Waals surface area contributed by atoms with Crippen LogP contribution < -0.4 is 0 Å². The van der Waals surface area contributed by atoms with E-state index in [2.05, 4.69) is 24.9 Å². The minimum Gasteiger partial charge on any atom is -0.391 e. The van der Waals surface area contributed by atoms with Crippen LogP contribution in [-0.4, -0.2) is 60.0 Å². The molecule has 0 unspecified atom stereocenters. The number of carbonyl (C=O) groups is 1. The standard InChI is InChI=1S/C17H16N6O2S/c24-14-9-23(8-11(14)6-12-7-18-4-5-19-12)17(25)13-10-26-16(22-13)15-20-2-1-3-21-15/h1-5,7,10-11,14,24H,6,8-9H2/t11-,14-/m1/s1. The van der Waals surface area contributed by atoms with E-state index in [0.717, 1.165) is 5.69 Å². The molecule has 0 spiro atoms. The molecule has 0 radical (unpaired) electrons. The van der Waals surface area contributed by atoms with E-state index in [9.17, 15) is 9.90 Å². The molecule has 1 aliphatic heterocycles. The topological polar surface area (TPSA) is 105 Å². The third-order valence-electron chi connectivity index (χ3n) is 4.26. The molecule has 0 aromatic carbocycles. The number of amides is 1. The van der Waals surface area contributed by atoms with Gasteiger partial charge in [-0.3, -0.25) is 14.8 Å². The van der Waals surface area contributed by atoms with Gasteiger partial charge in [0.1, 0.15) is 5.69 Å². The SMILES string of the molecule is O=C(c1csc(-c2ncccn2)n1)N1C[C@@H](Cc2cnccn2)[C@H](O)C1. The van der Waals surface area contributed by atoms with Gasteiger partial charge in [-0.2, -0.15) is 0 Å². The predicted molar refractivity (Wildman–Crippen MR) is 94.3 cm³/mol. The van der Waals surface area contributed by atoms with Crippen LogP contribution in [0.15, 0.2) is 42.4 Å². The molecule has 1 aliphatic rings. The van der Waals surface area contributed by atoms with E-state index in [0.29, 0.717) is 36.0 Å². The Morgan fingerprint density at radius 3 is 2.81 bits per heavy atom. The van der Waals surface area contributed by atoms with Crippen LogP contribution in [-0.2, 0) is 6.42 Å². The lowest BCUT2D eigenvalue weighted by atomic mass is 10.0. The van der Waals surface area contributed by atoms with Gasteiger partial charge in [0.15, 0.2) is 10.8 Å². The molecule has 0 aliphatic carbocycles. The Hall–Kier alpha value is -2.78. The van der Waals surface area contributed by atoms with Crippen molar-refractivity contribution in [2.24, 2.45) is 5.92 Å². The Morgan fingerprint density at radius 2 is 2.04 bits per heavy atom. The Bertz CT molecular complexity index is 889. The Balaban J connectivity index is 1.45. The summed E-state index contributed by atoms with van der Waals surface area (Å²) in [6.07, 6.45) is 8.19. The van der Waals surface area contributed by atoms with Crippen molar-refractivity contribution in [2.45, 2.75) is 12.5 Å². The first kappa shape index (κ1) is 16.7. The van der Waals surface area contributed by atoms with Crippen LogP contribution in [0.4, 0.5) is 0 Å². The van der Waals surface area contributed by atoms with Crippen molar-refractivity contribution in [1.82, 2.24) is 29.8 Å². The number of aromatic nitrogens is 5. The Morgan fingerprint density at radius 1 is 1.19 bits per heavy atom. The number of likely N-dealkylation sites (tertiary alicyclic amines) is 1. The summed E-state index contributed by atoms with van der Waals surface area (Å²) >= 11 is 1.33. The van der Waals surface area contributed by atoms with Crippen molar-refractivity contribution in [1.29, 1.82) is 0 Å². The first-order valence-corrected chi connectivity index (χ1v) is 9.04. The van der Waals surface area contributed by atoms with Crippen molar-refractivity contribution in [3.63, 3.8) is 0 Å². The van der Waals surface area contributed by atoms with Crippen LogP contribution >= 0.6 is 11.3 Å². The smallest absolute Gasteiger partial charge is 0.273 e. The fourth-order valence-electron chi connectivity index (χ4n) is 2.97. The number of carbonyl (C=O) groups excluding carboxylic acids is 1. The second-order valence-electron chi connectivity index (χ2n) is 6.05. The molecule has 1 amide bonds. The minimum atomic E-state index is -0.587. The molecule has 0 saturated carbocycles. The van der Waals surface area contributed by atoms with E-state index in [-0.39, 0.29) is 11.8 Å². The van der Waals surface area contributed by atoms with E-state index in [1.165, 1.54) is 11.3 Å². The third kappa shape index (κ3) is 3.44. The van der Waals surface area contributed by atoms with E-state index in [4.69, 9.17) is 0 Å². The van der Waals surface area contributed by atoms with Crippen LogP contribution in [0.5, 0.6) is 0 Å². The number of hydrogen-bond donors (Lipinski definition) is 1. The van der Waals surface area contributed by atoms with Crippen LogP contribution in [0.2, 0.25) is 0 Å². The van der Waals surface area contributed by atoms with Gasteiger partial charge in [-0.05, 0) is 12.5 Å². The summed E-state index contributed by atoms with van der Waals surface area (Å²) in [7, 11) is 0. The highest BCUT2D eigenvalue weighted by atomic mass is 32.1. The van der Waals surface area contributed by atoms with Crippen LogP contribution in [0, 0.1) is 5.92 Å². The minimum absolute atomic E-state index is 0.0637. The van der Waals surface area contributed by atoms with Crippen LogP contribution in [0.1, 0.15) is 16.2 Å². The summed E-state index contributed by atoms with van der Waals surface area (Å²) in [5, 5.41) is 12.6. The van der Waals surface area contributed by atoms with E-state index < -0.39 is 6.10 Å². The summed E-state index contributed by atoms with van der Waals surface area (Å²) in [6, 6.07) is 1.73. The fourth-order valence-corrected chi connectivity index (χ4v) is 3.71. The lowest BCUT2D eigenvalue weighted by Crippen LogP contribution is -2.29.